The van der Waals surface area contributed by atoms with Gasteiger partial charge in [-0.25, -0.2) is 0 Å². The van der Waals surface area contributed by atoms with Crippen molar-refractivity contribution in [2.75, 3.05) is 67.8 Å². The lowest BCUT2D eigenvalue weighted by Crippen LogP contribution is -2.46. The molecular formula is C32H42N2O9. The summed E-state index contributed by atoms with van der Waals surface area (Å²) in [5, 5.41) is 11.5. The number of methoxy groups -OCH3 is 4. The van der Waals surface area contributed by atoms with Crippen molar-refractivity contribution in [2.24, 2.45) is 5.92 Å². The molecule has 11 heteroatoms. The Kier molecular flexibility index (Phi) is 9.94. The van der Waals surface area contributed by atoms with Crippen molar-refractivity contribution in [3.8, 4) is 23.0 Å². The zero-order valence-corrected chi connectivity index (χ0v) is 25.4. The highest BCUT2D eigenvalue weighted by Crippen LogP contribution is 2.34. The van der Waals surface area contributed by atoms with Crippen molar-refractivity contribution in [1.29, 1.82) is 0 Å². The highest BCUT2D eigenvalue weighted by molar-refractivity contribution is 5.81. The first-order valence-electron chi connectivity index (χ1n) is 14.8. The summed E-state index contributed by atoms with van der Waals surface area (Å²) in [5.74, 6) is 1.95. The van der Waals surface area contributed by atoms with Crippen LogP contribution in [0.5, 0.6) is 23.0 Å². The van der Waals surface area contributed by atoms with Gasteiger partial charge in [0.25, 0.3) is 0 Å². The number of amides is 2. The van der Waals surface area contributed by atoms with Crippen LogP contribution in [0.25, 0.3) is 0 Å². The highest BCUT2D eigenvalue weighted by atomic mass is 16.7. The minimum absolute atomic E-state index is 0.00518. The molecule has 234 valence electrons. The Morgan fingerprint density at radius 1 is 0.744 bits per heavy atom. The molecule has 0 spiro atoms. The van der Waals surface area contributed by atoms with E-state index in [0.717, 1.165) is 22.3 Å². The van der Waals surface area contributed by atoms with Crippen LogP contribution < -0.4 is 18.9 Å². The van der Waals surface area contributed by atoms with Crippen molar-refractivity contribution in [3.05, 3.63) is 46.5 Å². The van der Waals surface area contributed by atoms with E-state index in [0.29, 0.717) is 75.1 Å². The number of carbonyl (C=O) groups is 2. The van der Waals surface area contributed by atoms with Gasteiger partial charge in [-0.1, -0.05) is 0 Å². The van der Waals surface area contributed by atoms with Gasteiger partial charge in [-0.05, 0) is 65.8 Å². The van der Waals surface area contributed by atoms with Gasteiger partial charge in [0.2, 0.25) is 11.8 Å². The lowest BCUT2D eigenvalue weighted by atomic mass is 9.97. The molecular weight excluding hydrogens is 556 g/mol. The SMILES string of the molecule is COc1cc2c(cc1OC)CC(=O)N(CCC(O)C(CN1CCc3cc(OC)c(OC)cc3CC1=O)C1OCCO1)CC2. The summed E-state index contributed by atoms with van der Waals surface area (Å²) in [6.07, 6.45) is 0.659. The molecule has 0 radical (unpaired) electrons. The summed E-state index contributed by atoms with van der Waals surface area (Å²) in [4.78, 5) is 30.2. The van der Waals surface area contributed by atoms with Crippen LogP contribution in [0.2, 0.25) is 0 Å². The van der Waals surface area contributed by atoms with Crippen LogP contribution in [0.15, 0.2) is 24.3 Å². The molecule has 0 saturated carbocycles. The summed E-state index contributed by atoms with van der Waals surface area (Å²) in [6, 6.07) is 7.61. The molecule has 43 heavy (non-hydrogen) atoms. The van der Waals surface area contributed by atoms with E-state index in [1.165, 1.54) is 0 Å². The Morgan fingerprint density at radius 3 is 1.67 bits per heavy atom. The second-order valence-corrected chi connectivity index (χ2v) is 11.2. The Morgan fingerprint density at radius 2 is 1.19 bits per heavy atom. The van der Waals surface area contributed by atoms with Crippen LogP contribution in [0.3, 0.4) is 0 Å². The fourth-order valence-electron chi connectivity index (χ4n) is 6.23. The zero-order chi connectivity index (χ0) is 30.5. The van der Waals surface area contributed by atoms with Crippen LogP contribution >= 0.6 is 0 Å². The molecule has 0 bridgehead atoms. The maximum absolute atomic E-state index is 13.4. The number of rotatable bonds is 11. The van der Waals surface area contributed by atoms with Crippen molar-refractivity contribution in [3.63, 3.8) is 0 Å². The van der Waals surface area contributed by atoms with Crippen LogP contribution in [0.4, 0.5) is 0 Å². The van der Waals surface area contributed by atoms with E-state index in [1.807, 2.05) is 24.3 Å². The largest absolute Gasteiger partial charge is 0.493 e. The molecule has 2 aromatic rings. The molecule has 2 amide bonds. The van der Waals surface area contributed by atoms with Gasteiger partial charge in [-0.3, -0.25) is 9.59 Å². The second kappa shape index (κ2) is 13.8. The summed E-state index contributed by atoms with van der Waals surface area (Å²) >= 11 is 0. The average Bonchev–Trinajstić information content (AvgIpc) is 3.44. The Hall–Kier alpha value is -3.54. The Bertz CT molecular complexity index is 1310. The third-order valence-corrected chi connectivity index (χ3v) is 8.72. The molecule has 1 N–H and O–H groups in total. The van der Waals surface area contributed by atoms with E-state index in [-0.39, 0.29) is 31.2 Å². The molecule has 3 heterocycles. The molecule has 1 fully saturated rings. The van der Waals surface area contributed by atoms with Crippen LogP contribution in [-0.4, -0.2) is 107 Å². The first kappa shape index (κ1) is 30.9. The monoisotopic (exact) mass is 598 g/mol. The minimum atomic E-state index is -0.847. The van der Waals surface area contributed by atoms with Crippen LogP contribution in [0, 0.1) is 5.92 Å². The lowest BCUT2D eigenvalue weighted by Gasteiger charge is -2.33. The van der Waals surface area contributed by atoms with Gasteiger partial charge < -0.3 is 43.3 Å². The molecule has 3 aliphatic rings. The van der Waals surface area contributed by atoms with E-state index in [1.54, 1.807) is 38.2 Å². The van der Waals surface area contributed by atoms with Gasteiger partial charge in [-0.15, -0.1) is 0 Å². The number of benzene rings is 2. The van der Waals surface area contributed by atoms with Crippen molar-refractivity contribution >= 4 is 11.8 Å². The first-order chi connectivity index (χ1) is 20.8. The maximum atomic E-state index is 13.4. The minimum Gasteiger partial charge on any atom is -0.493 e. The fourth-order valence-corrected chi connectivity index (χ4v) is 6.23. The molecule has 2 unspecified atom stereocenters. The van der Waals surface area contributed by atoms with E-state index in [4.69, 9.17) is 28.4 Å². The Balaban J connectivity index is 1.25. The molecule has 5 rings (SSSR count). The summed E-state index contributed by atoms with van der Waals surface area (Å²) < 4.78 is 33.4. The van der Waals surface area contributed by atoms with Gasteiger partial charge in [0.05, 0.1) is 66.5 Å². The number of nitrogens with zero attached hydrogens (tertiary/aromatic N) is 2. The number of hydrogen-bond donors (Lipinski definition) is 1. The number of aliphatic hydroxyl groups excluding tert-OH is 1. The standard InChI is InChI=1S/C32H42N2O9/c1-38-26-13-20-5-8-33(30(36)17-22(20)15-28(26)40-3)10-7-25(35)24(32-42-11-12-43-32)19-34-9-6-21-14-27(39-2)29(41-4)16-23(21)18-31(34)37/h13-16,24-25,32,35H,5-12,17-19H2,1-4H3. The molecule has 0 aliphatic carbocycles. The highest BCUT2D eigenvalue weighted by Gasteiger charge is 2.36. The van der Waals surface area contributed by atoms with E-state index >= 15 is 0 Å². The average molecular weight is 599 g/mol. The second-order valence-electron chi connectivity index (χ2n) is 11.2. The van der Waals surface area contributed by atoms with Crippen molar-refractivity contribution in [1.82, 2.24) is 9.80 Å². The van der Waals surface area contributed by atoms with Gasteiger partial charge in [-0.2, -0.15) is 0 Å². The zero-order valence-electron chi connectivity index (χ0n) is 25.4. The first-order valence-corrected chi connectivity index (χ1v) is 14.8. The van der Waals surface area contributed by atoms with Gasteiger partial charge in [0.15, 0.2) is 29.3 Å². The van der Waals surface area contributed by atoms with E-state index in [9.17, 15) is 14.7 Å². The third kappa shape index (κ3) is 6.84. The van der Waals surface area contributed by atoms with Crippen LogP contribution in [0.1, 0.15) is 28.7 Å². The molecule has 0 aromatic heterocycles. The number of aliphatic hydroxyl groups is 1. The normalized spacial score (nSPS) is 18.8. The number of ether oxygens (including phenoxy) is 6. The maximum Gasteiger partial charge on any atom is 0.227 e. The van der Waals surface area contributed by atoms with E-state index < -0.39 is 18.3 Å². The van der Waals surface area contributed by atoms with Gasteiger partial charge in [0.1, 0.15) is 0 Å². The predicted octanol–water partition coefficient (Wildman–Crippen LogP) is 2.02. The smallest absolute Gasteiger partial charge is 0.227 e. The fraction of sp³-hybridized carbons (Fsp3) is 0.562. The van der Waals surface area contributed by atoms with Crippen molar-refractivity contribution < 1.29 is 43.1 Å². The topological polar surface area (TPSA) is 116 Å². The molecule has 1 saturated heterocycles. The number of hydrogen-bond acceptors (Lipinski definition) is 9. The quantitative estimate of drug-likeness (QED) is 0.415. The number of carbonyl (C=O) groups excluding carboxylic acids is 2. The number of fused-ring (bicyclic) bond motifs is 2. The molecule has 11 nitrogen and oxygen atoms in total. The van der Waals surface area contributed by atoms with Crippen molar-refractivity contribution in [2.45, 2.75) is 44.5 Å². The predicted molar refractivity (Wildman–Crippen MR) is 157 cm³/mol. The van der Waals surface area contributed by atoms with Gasteiger partial charge in [0, 0.05) is 26.2 Å². The van der Waals surface area contributed by atoms with Gasteiger partial charge >= 0.3 is 0 Å². The Labute approximate surface area is 252 Å². The third-order valence-electron chi connectivity index (χ3n) is 8.72. The summed E-state index contributed by atoms with van der Waals surface area (Å²) in [6.45, 7) is 2.56. The molecule has 3 aliphatic heterocycles. The lowest BCUT2D eigenvalue weighted by molar-refractivity contribution is -0.142. The van der Waals surface area contributed by atoms with Crippen LogP contribution in [-0.2, 0) is 44.7 Å². The summed E-state index contributed by atoms with van der Waals surface area (Å²) in [7, 11) is 6.35. The van der Waals surface area contributed by atoms with E-state index in [2.05, 4.69) is 0 Å². The molecule has 2 atom stereocenters. The molecule has 2 aromatic carbocycles. The summed E-state index contributed by atoms with van der Waals surface area (Å²) in [5.41, 5.74) is 3.92.